The molecule has 0 atom stereocenters. The molecule has 0 spiro atoms. The Labute approximate surface area is 161 Å². The molecule has 0 aliphatic rings. The minimum atomic E-state index is -3.94. The van der Waals surface area contributed by atoms with E-state index in [1.807, 2.05) is 18.2 Å². The molecule has 2 aromatic carbocycles. The molecule has 0 amide bonds. The summed E-state index contributed by atoms with van der Waals surface area (Å²) in [5.74, 6) is 0. The Hall–Kier alpha value is -3.52. The smallest absolute Gasteiger partial charge is 0.284 e. The topological polar surface area (TPSA) is 101 Å². The lowest BCUT2D eigenvalue weighted by atomic mass is 10.1. The minimum absolute atomic E-state index is 0.180. The molecule has 2 heterocycles. The molecule has 0 radical (unpaired) electrons. The lowest BCUT2D eigenvalue weighted by Crippen LogP contribution is -2.15. The van der Waals surface area contributed by atoms with Crippen molar-refractivity contribution in [2.75, 3.05) is 7.05 Å². The van der Waals surface area contributed by atoms with Crippen LogP contribution in [-0.4, -0.2) is 35.8 Å². The van der Waals surface area contributed by atoms with Crippen LogP contribution < -0.4 is 5.32 Å². The zero-order valence-corrected chi connectivity index (χ0v) is 15.8. The van der Waals surface area contributed by atoms with Crippen molar-refractivity contribution >= 4 is 43.6 Å². The molecule has 8 heteroatoms. The van der Waals surface area contributed by atoms with Crippen LogP contribution in [0.1, 0.15) is 5.56 Å². The highest BCUT2D eigenvalue weighted by atomic mass is 32.2. The number of pyridine rings is 1. The van der Waals surface area contributed by atoms with Crippen molar-refractivity contribution in [1.29, 1.82) is 5.41 Å². The second kappa shape index (κ2) is 6.90. The fourth-order valence-corrected chi connectivity index (χ4v) is 4.59. The summed E-state index contributed by atoms with van der Waals surface area (Å²) in [5, 5.41) is 16.0. The largest absolute Gasteiger partial charge is 0.393 e. The van der Waals surface area contributed by atoms with Gasteiger partial charge in [0.1, 0.15) is 11.0 Å². The van der Waals surface area contributed by atoms with Crippen molar-refractivity contribution in [3.8, 4) is 0 Å². The van der Waals surface area contributed by atoms with E-state index in [9.17, 15) is 8.42 Å². The van der Waals surface area contributed by atoms with E-state index in [4.69, 9.17) is 5.41 Å². The molecule has 0 aliphatic heterocycles. The van der Waals surface area contributed by atoms with Crippen LogP contribution in [0.5, 0.6) is 0 Å². The molecule has 2 aromatic heterocycles. The van der Waals surface area contributed by atoms with Gasteiger partial charge >= 0.3 is 0 Å². The third-order valence-electron chi connectivity index (χ3n) is 4.43. The summed E-state index contributed by atoms with van der Waals surface area (Å²) < 4.78 is 27.8. The van der Waals surface area contributed by atoms with Gasteiger partial charge in [-0.15, -0.1) is 0 Å². The Kier molecular flexibility index (Phi) is 4.40. The van der Waals surface area contributed by atoms with Gasteiger partial charge in [0.05, 0.1) is 11.1 Å². The van der Waals surface area contributed by atoms with E-state index < -0.39 is 10.0 Å². The maximum Gasteiger partial charge on any atom is 0.284 e. The SMILES string of the molecule is CN/C=C(\C=N)c1cnc2cnn(S(=O)(=O)c3cccc4ccccc34)c2c1. The summed E-state index contributed by atoms with van der Waals surface area (Å²) in [7, 11) is -2.21. The van der Waals surface area contributed by atoms with Crippen LogP contribution in [0, 0.1) is 5.41 Å². The predicted molar refractivity (Wildman–Crippen MR) is 110 cm³/mol. The van der Waals surface area contributed by atoms with E-state index in [1.54, 1.807) is 49.8 Å². The fraction of sp³-hybridized carbons (Fsp3) is 0.0500. The normalized spacial score (nSPS) is 12.4. The zero-order valence-electron chi connectivity index (χ0n) is 15.0. The number of nitrogens with zero attached hydrogens (tertiary/aromatic N) is 3. The third kappa shape index (κ3) is 2.84. The van der Waals surface area contributed by atoms with Crippen LogP contribution in [0.4, 0.5) is 0 Å². The summed E-state index contributed by atoms with van der Waals surface area (Å²) >= 11 is 0. The van der Waals surface area contributed by atoms with E-state index in [2.05, 4.69) is 15.4 Å². The number of hydrogen-bond donors (Lipinski definition) is 2. The number of allylic oxidation sites excluding steroid dienone is 1. The highest BCUT2D eigenvalue weighted by Crippen LogP contribution is 2.27. The fourth-order valence-electron chi connectivity index (χ4n) is 3.11. The Balaban J connectivity index is 1.95. The number of hydrogen-bond acceptors (Lipinski definition) is 6. The van der Waals surface area contributed by atoms with E-state index in [1.165, 1.54) is 12.4 Å². The lowest BCUT2D eigenvalue weighted by Gasteiger charge is -2.09. The van der Waals surface area contributed by atoms with Gasteiger partial charge in [-0.3, -0.25) is 4.98 Å². The first-order valence-electron chi connectivity index (χ1n) is 8.51. The van der Waals surface area contributed by atoms with Crippen LogP contribution in [0.15, 0.2) is 72.0 Å². The molecule has 140 valence electrons. The molecule has 7 nitrogen and oxygen atoms in total. The number of rotatable bonds is 5. The highest BCUT2D eigenvalue weighted by Gasteiger charge is 2.23. The van der Waals surface area contributed by atoms with Crippen LogP contribution in [-0.2, 0) is 10.0 Å². The average Bonchev–Trinajstić information content (AvgIpc) is 3.15. The molecular weight excluding hydrogens is 374 g/mol. The summed E-state index contributed by atoms with van der Waals surface area (Å²) in [5.41, 5.74) is 2.01. The zero-order chi connectivity index (χ0) is 19.7. The molecule has 4 rings (SSSR count). The molecule has 0 aliphatic carbocycles. The van der Waals surface area contributed by atoms with Gasteiger partial charge in [0.15, 0.2) is 0 Å². The van der Waals surface area contributed by atoms with Crippen molar-refractivity contribution in [1.82, 2.24) is 19.5 Å². The molecule has 28 heavy (non-hydrogen) atoms. The summed E-state index contributed by atoms with van der Waals surface area (Å²) in [6.07, 6.45) is 5.84. The maximum atomic E-state index is 13.4. The van der Waals surface area contributed by atoms with E-state index in [0.717, 1.165) is 9.47 Å². The monoisotopic (exact) mass is 391 g/mol. The van der Waals surface area contributed by atoms with E-state index >= 15 is 0 Å². The first kappa shape index (κ1) is 17.9. The number of nitrogens with one attached hydrogen (secondary N) is 2. The van der Waals surface area contributed by atoms with Gasteiger partial charge in [0.25, 0.3) is 10.0 Å². The quantitative estimate of drug-likeness (QED) is 0.509. The Morgan fingerprint density at radius 3 is 2.71 bits per heavy atom. The van der Waals surface area contributed by atoms with Gasteiger partial charge in [0.2, 0.25) is 0 Å². The van der Waals surface area contributed by atoms with Gasteiger partial charge < -0.3 is 10.7 Å². The second-order valence-corrected chi connectivity index (χ2v) is 7.87. The van der Waals surface area contributed by atoms with Crippen molar-refractivity contribution in [2.45, 2.75) is 4.90 Å². The molecule has 0 saturated carbocycles. The summed E-state index contributed by atoms with van der Waals surface area (Å²) in [4.78, 5) is 4.48. The molecule has 2 N–H and O–H groups in total. The van der Waals surface area contributed by atoms with Crippen molar-refractivity contribution < 1.29 is 8.42 Å². The Morgan fingerprint density at radius 1 is 1.14 bits per heavy atom. The van der Waals surface area contributed by atoms with E-state index in [-0.39, 0.29) is 4.90 Å². The van der Waals surface area contributed by atoms with Crippen LogP contribution in [0.2, 0.25) is 0 Å². The number of aromatic nitrogens is 3. The molecule has 0 saturated heterocycles. The Morgan fingerprint density at radius 2 is 1.93 bits per heavy atom. The lowest BCUT2D eigenvalue weighted by molar-refractivity contribution is 0.583. The van der Waals surface area contributed by atoms with Gasteiger partial charge in [-0.05, 0) is 17.5 Å². The van der Waals surface area contributed by atoms with Gasteiger partial charge in [-0.2, -0.15) is 17.6 Å². The van der Waals surface area contributed by atoms with Gasteiger partial charge in [-0.1, -0.05) is 36.4 Å². The standard InChI is InChI=1S/C20H17N5O2S/c1-22-11-16(10-21)15-9-19-18(23-12-15)13-24-25(19)28(26,27)20-8-4-6-14-5-2-3-7-17(14)20/h2-13,21-22H,1H3/b16-11+,21-10?. The van der Waals surface area contributed by atoms with Crippen LogP contribution in [0.3, 0.4) is 0 Å². The van der Waals surface area contributed by atoms with Gasteiger partial charge in [-0.25, -0.2) is 0 Å². The van der Waals surface area contributed by atoms with Crippen molar-refractivity contribution in [2.24, 2.45) is 0 Å². The van der Waals surface area contributed by atoms with Crippen LogP contribution in [0.25, 0.3) is 27.4 Å². The summed E-state index contributed by atoms with van der Waals surface area (Å²) in [6.45, 7) is 0. The van der Waals surface area contributed by atoms with Crippen molar-refractivity contribution in [3.63, 3.8) is 0 Å². The second-order valence-electron chi connectivity index (χ2n) is 6.13. The maximum absolute atomic E-state index is 13.4. The third-order valence-corrected chi connectivity index (χ3v) is 6.09. The number of benzene rings is 2. The molecule has 4 aromatic rings. The predicted octanol–water partition coefficient (Wildman–Crippen LogP) is 3.03. The van der Waals surface area contributed by atoms with E-state index in [0.29, 0.717) is 27.6 Å². The summed E-state index contributed by atoms with van der Waals surface area (Å²) in [6, 6.07) is 14.2. The number of fused-ring (bicyclic) bond motifs is 2. The molecule has 0 fully saturated rings. The average molecular weight is 391 g/mol. The van der Waals surface area contributed by atoms with Gasteiger partial charge in [0, 0.05) is 42.2 Å². The minimum Gasteiger partial charge on any atom is -0.393 e. The molecule has 0 unspecified atom stereocenters. The highest BCUT2D eigenvalue weighted by molar-refractivity contribution is 7.90. The van der Waals surface area contributed by atoms with Crippen molar-refractivity contribution in [3.05, 3.63) is 72.7 Å². The first-order chi connectivity index (χ1) is 13.6. The molecule has 0 bridgehead atoms. The Bertz CT molecular complexity index is 1330. The molecular formula is C20H17N5O2S. The first-order valence-corrected chi connectivity index (χ1v) is 9.95. The van der Waals surface area contributed by atoms with Crippen LogP contribution >= 0.6 is 0 Å².